The minimum absolute atomic E-state index is 0.198. The van der Waals surface area contributed by atoms with E-state index in [0.29, 0.717) is 13.2 Å². The van der Waals surface area contributed by atoms with E-state index in [9.17, 15) is 9.90 Å². The molecule has 1 aromatic heterocycles. The zero-order chi connectivity index (χ0) is 24.8. The van der Waals surface area contributed by atoms with E-state index in [1.807, 2.05) is 37.3 Å². The normalized spacial score (nSPS) is 11.5. The topological polar surface area (TPSA) is 55.8 Å². The average molecular weight is 485 g/mol. The Labute approximate surface area is 210 Å². The van der Waals surface area contributed by atoms with Gasteiger partial charge in [0.2, 0.25) is 0 Å². The van der Waals surface area contributed by atoms with Gasteiger partial charge >= 0.3 is 5.97 Å². The molecule has 5 heteroatoms. The number of esters is 1. The molecular formula is C30H28O4S. The molecule has 4 rings (SSSR count). The van der Waals surface area contributed by atoms with Gasteiger partial charge in [0.05, 0.1) is 18.9 Å². The molecule has 0 fully saturated rings. The van der Waals surface area contributed by atoms with Crippen molar-refractivity contribution in [3.05, 3.63) is 82.7 Å². The molecule has 0 amide bonds. The molecule has 1 atom stereocenters. The van der Waals surface area contributed by atoms with Crippen molar-refractivity contribution in [2.24, 2.45) is 0 Å². The van der Waals surface area contributed by atoms with Crippen LogP contribution in [0.1, 0.15) is 42.9 Å². The van der Waals surface area contributed by atoms with Crippen molar-refractivity contribution in [3.63, 3.8) is 0 Å². The second-order valence-corrected chi connectivity index (χ2v) is 9.20. The minimum Gasteiger partial charge on any atom is -0.508 e. The maximum Gasteiger partial charge on any atom is 0.307 e. The number of aryl methyl sites for hydroxylation is 1. The third kappa shape index (κ3) is 5.85. The molecule has 0 unspecified atom stereocenters. The smallest absolute Gasteiger partial charge is 0.307 e. The lowest BCUT2D eigenvalue weighted by molar-refractivity contribution is -0.143. The number of hydrogen-bond donors (Lipinski definition) is 1. The quantitative estimate of drug-likeness (QED) is 0.212. The standard InChI is InChI=1S/C30H28O4S/c1-4-6-23(17-30(32)33-5-2)22-8-11-25(12-9-22)34-18-21-7-14-29-27(16-21)28(19-35-29)26-13-10-24(31)15-20(26)3/h7-16,19,23,31H,5,17-18H2,1-3H3/t23-/m0/s1. The first-order valence-corrected chi connectivity index (χ1v) is 12.5. The highest BCUT2D eigenvalue weighted by atomic mass is 32.1. The van der Waals surface area contributed by atoms with E-state index < -0.39 is 0 Å². The van der Waals surface area contributed by atoms with Gasteiger partial charge in [-0.1, -0.05) is 30.2 Å². The van der Waals surface area contributed by atoms with E-state index in [4.69, 9.17) is 9.47 Å². The Bertz CT molecular complexity index is 1390. The highest BCUT2D eigenvalue weighted by Gasteiger charge is 2.15. The van der Waals surface area contributed by atoms with Gasteiger partial charge in [-0.2, -0.15) is 0 Å². The third-order valence-electron chi connectivity index (χ3n) is 5.82. The summed E-state index contributed by atoms with van der Waals surface area (Å²) in [6.45, 7) is 6.40. The molecule has 1 heterocycles. The molecule has 4 nitrogen and oxygen atoms in total. The van der Waals surface area contributed by atoms with Gasteiger partial charge in [-0.15, -0.1) is 17.3 Å². The summed E-state index contributed by atoms with van der Waals surface area (Å²) in [6, 6.07) is 19.6. The molecule has 4 aromatic rings. The number of ether oxygens (including phenoxy) is 2. The fourth-order valence-corrected chi connectivity index (χ4v) is 5.04. The van der Waals surface area contributed by atoms with E-state index in [0.717, 1.165) is 28.0 Å². The molecule has 0 saturated heterocycles. The number of carbonyl (C=O) groups is 1. The molecule has 3 aromatic carbocycles. The van der Waals surface area contributed by atoms with E-state index in [2.05, 4.69) is 35.4 Å². The lowest BCUT2D eigenvalue weighted by Gasteiger charge is -2.12. The highest BCUT2D eigenvalue weighted by molar-refractivity contribution is 7.17. The van der Waals surface area contributed by atoms with Crippen LogP contribution in [0.25, 0.3) is 21.2 Å². The predicted octanol–water partition coefficient (Wildman–Crippen LogP) is 7.22. The zero-order valence-corrected chi connectivity index (χ0v) is 20.9. The van der Waals surface area contributed by atoms with Crippen LogP contribution in [-0.2, 0) is 16.1 Å². The molecule has 1 N–H and O–H groups in total. The maximum atomic E-state index is 11.9. The lowest BCUT2D eigenvalue weighted by Crippen LogP contribution is -2.09. The highest BCUT2D eigenvalue weighted by Crippen LogP contribution is 2.37. The van der Waals surface area contributed by atoms with Crippen molar-refractivity contribution in [2.45, 2.75) is 39.7 Å². The number of benzene rings is 3. The monoisotopic (exact) mass is 484 g/mol. The van der Waals surface area contributed by atoms with Crippen LogP contribution >= 0.6 is 11.3 Å². The Hall–Kier alpha value is -3.75. The van der Waals surface area contributed by atoms with Crippen LogP contribution < -0.4 is 4.74 Å². The van der Waals surface area contributed by atoms with Crippen molar-refractivity contribution >= 4 is 27.4 Å². The molecule has 0 saturated carbocycles. The molecule has 0 aliphatic carbocycles. The number of rotatable bonds is 8. The van der Waals surface area contributed by atoms with Gasteiger partial charge in [-0.25, -0.2) is 0 Å². The Balaban J connectivity index is 1.48. The van der Waals surface area contributed by atoms with Gasteiger partial charge in [0.25, 0.3) is 0 Å². The molecule has 0 aliphatic heterocycles. The lowest BCUT2D eigenvalue weighted by atomic mass is 9.96. The first kappa shape index (κ1) is 24.4. The van der Waals surface area contributed by atoms with E-state index in [1.54, 1.807) is 37.3 Å². The zero-order valence-electron chi connectivity index (χ0n) is 20.1. The summed E-state index contributed by atoms with van der Waals surface area (Å²) < 4.78 is 12.4. The molecule has 0 spiro atoms. The molecule has 0 bridgehead atoms. The second-order valence-electron chi connectivity index (χ2n) is 8.29. The number of phenolic OH excluding ortho intramolecular Hbond substituents is 1. The minimum atomic E-state index is -0.244. The number of hydrogen-bond acceptors (Lipinski definition) is 5. The molecule has 0 aliphatic rings. The van der Waals surface area contributed by atoms with Crippen LogP contribution in [0.3, 0.4) is 0 Å². The summed E-state index contributed by atoms with van der Waals surface area (Å²) in [4.78, 5) is 11.9. The van der Waals surface area contributed by atoms with E-state index >= 15 is 0 Å². The number of fused-ring (bicyclic) bond motifs is 1. The summed E-state index contributed by atoms with van der Waals surface area (Å²) >= 11 is 1.71. The van der Waals surface area contributed by atoms with Crippen molar-refractivity contribution < 1.29 is 19.4 Å². The largest absolute Gasteiger partial charge is 0.508 e. The molecular weight excluding hydrogens is 456 g/mol. The predicted molar refractivity (Wildman–Crippen MR) is 142 cm³/mol. The van der Waals surface area contributed by atoms with Crippen molar-refractivity contribution in [1.29, 1.82) is 0 Å². The van der Waals surface area contributed by atoms with E-state index in [-0.39, 0.29) is 24.1 Å². The second kappa shape index (κ2) is 11.1. The van der Waals surface area contributed by atoms with Crippen LogP contribution in [0.15, 0.2) is 66.0 Å². The SMILES string of the molecule is CC#C[C@@H](CC(=O)OCC)c1ccc(OCc2ccc3scc(-c4ccc(O)cc4C)c3c2)cc1. The summed E-state index contributed by atoms with van der Waals surface area (Å²) in [5.74, 6) is 6.60. The number of aromatic hydroxyl groups is 1. The number of thiophene rings is 1. The fourth-order valence-electron chi connectivity index (χ4n) is 4.10. The van der Waals surface area contributed by atoms with Crippen LogP contribution in [0, 0.1) is 18.8 Å². The summed E-state index contributed by atoms with van der Waals surface area (Å²) in [7, 11) is 0. The van der Waals surface area contributed by atoms with Gasteiger partial charge < -0.3 is 14.6 Å². The van der Waals surface area contributed by atoms with Gasteiger partial charge in [-0.3, -0.25) is 4.79 Å². The van der Waals surface area contributed by atoms with Crippen molar-refractivity contribution in [2.75, 3.05) is 6.61 Å². The summed E-state index contributed by atoms with van der Waals surface area (Å²) in [5.41, 5.74) is 5.37. The Morgan fingerprint density at radius 1 is 1.06 bits per heavy atom. The summed E-state index contributed by atoms with van der Waals surface area (Å²) in [5, 5.41) is 13.1. The number of phenols is 1. The Morgan fingerprint density at radius 3 is 2.57 bits per heavy atom. The average Bonchev–Trinajstić information content (AvgIpc) is 3.26. The van der Waals surface area contributed by atoms with Crippen LogP contribution in [0.4, 0.5) is 0 Å². The Kier molecular flexibility index (Phi) is 7.74. The van der Waals surface area contributed by atoms with Crippen LogP contribution in [0.2, 0.25) is 0 Å². The van der Waals surface area contributed by atoms with Gasteiger partial charge in [-0.05, 0) is 84.8 Å². The van der Waals surface area contributed by atoms with E-state index in [1.165, 1.54) is 15.6 Å². The van der Waals surface area contributed by atoms with Crippen molar-refractivity contribution in [3.8, 4) is 34.5 Å². The van der Waals surface area contributed by atoms with Crippen molar-refractivity contribution in [1.82, 2.24) is 0 Å². The Morgan fingerprint density at radius 2 is 1.86 bits per heavy atom. The van der Waals surface area contributed by atoms with Crippen LogP contribution in [-0.4, -0.2) is 17.7 Å². The first-order chi connectivity index (χ1) is 17.0. The number of carbonyl (C=O) groups excluding carboxylic acids is 1. The maximum absolute atomic E-state index is 11.9. The molecule has 0 radical (unpaired) electrons. The molecule has 178 valence electrons. The fraction of sp³-hybridized carbons (Fsp3) is 0.233. The summed E-state index contributed by atoms with van der Waals surface area (Å²) in [6.07, 6.45) is 0.235. The third-order valence-corrected chi connectivity index (χ3v) is 6.78. The van der Waals surface area contributed by atoms with Crippen LogP contribution in [0.5, 0.6) is 11.5 Å². The van der Waals surface area contributed by atoms with Gasteiger partial charge in [0.15, 0.2) is 0 Å². The first-order valence-electron chi connectivity index (χ1n) is 11.6. The van der Waals surface area contributed by atoms with Gasteiger partial charge in [0.1, 0.15) is 18.1 Å². The molecule has 35 heavy (non-hydrogen) atoms. The van der Waals surface area contributed by atoms with Gasteiger partial charge in [0, 0.05) is 15.6 Å².